The maximum absolute atomic E-state index is 12.4. The summed E-state index contributed by atoms with van der Waals surface area (Å²) >= 11 is 0. The summed E-state index contributed by atoms with van der Waals surface area (Å²) in [5.74, 6) is 0.170. The molecule has 0 saturated heterocycles. The highest BCUT2D eigenvalue weighted by atomic mass is 16.3. The van der Waals surface area contributed by atoms with Gasteiger partial charge in [0.15, 0.2) is 5.78 Å². The molecule has 4 nitrogen and oxygen atoms in total. The predicted molar refractivity (Wildman–Crippen MR) is 84.9 cm³/mol. The van der Waals surface area contributed by atoms with E-state index in [9.17, 15) is 15.0 Å². The molecule has 0 radical (unpaired) electrons. The maximum atomic E-state index is 12.4. The van der Waals surface area contributed by atoms with Gasteiger partial charge >= 0.3 is 0 Å². The molecule has 0 amide bonds. The summed E-state index contributed by atoms with van der Waals surface area (Å²) in [6.07, 6.45) is 2.00. The van der Waals surface area contributed by atoms with Crippen LogP contribution in [0.3, 0.4) is 0 Å². The molecular formula is C17H27NO3. The van der Waals surface area contributed by atoms with E-state index in [1.807, 2.05) is 0 Å². The van der Waals surface area contributed by atoms with Gasteiger partial charge in [0.05, 0.1) is 12.1 Å². The van der Waals surface area contributed by atoms with Crippen LogP contribution in [0.25, 0.3) is 0 Å². The van der Waals surface area contributed by atoms with Crippen LogP contribution in [0.5, 0.6) is 11.5 Å². The van der Waals surface area contributed by atoms with E-state index < -0.39 is 0 Å². The van der Waals surface area contributed by atoms with Crippen LogP contribution in [0.15, 0.2) is 18.2 Å². The van der Waals surface area contributed by atoms with Gasteiger partial charge in [0.2, 0.25) is 0 Å². The van der Waals surface area contributed by atoms with Crippen molar-refractivity contribution in [1.82, 2.24) is 4.90 Å². The number of phenols is 2. The van der Waals surface area contributed by atoms with Gasteiger partial charge in [0.25, 0.3) is 0 Å². The molecule has 1 aromatic carbocycles. The third-order valence-electron chi connectivity index (χ3n) is 3.69. The van der Waals surface area contributed by atoms with E-state index in [2.05, 4.69) is 32.6 Å². The first-order valence-corrected chi connectivity index (χ1v) is 7.68. The van der Waals surface area contributed by atoms with Crippen molar-refractivity contribution in [1.29, 1.82) is 0 Å². The summed E-state index contributed by atoms with van der Waals surface area (Å²) in [5.41, 5.74) is 0.271. The number of rotatable bonds is 8. The molecule has 0 aliphatic heterocycles. The molecular weight excluding hydrogens is 266 g/mol. The first-order valence-electron chi connectivity index (χ1n) is 7.68. The Labute approximate surface area is 127 Å². The van der Waals surface area contributed by atoms with Crippen molar-refractivity contribution in [2.45, 2.75) is 46.6 Å². The highest BCUT2D eigenvalue weighted by Gasteiger charge is 2.21. The van der Waals surface area contributed by atoms with Crippen molar-refractivity contribution in [2.24, 2.45) is 5.92 Å². The second-order valence-electron chi connectivity index (χ2n) is 5.92. The van der Waals surface area contributed by atoms with Gasteiger partial charge in [-0.3, -0.25) is 9.69 Å². The molecule has 0 unspecified atom stereocenters. The molecule has 0 aliphatic carbocycles. The Morgan fingerprint density at radius 1 is 1.19 bits per heavy atom. The van der Waals surface area contributed by atoms with Gasteiger partial charge in [-0.1, -0.05) is 27.7 Å². The van der Waals surface area contributed by atoms with Crippen LogP contribution in [0.4, 0.5) is 0 Å². The minimum Gasteiger partial charge on any atom is -0.508 e. The molecule has 0 saturated carbocycles. The fourth-order valence-corrected chi connectivity index (χ4v) is 2.64. The second-order valence-corrected chi connectivity index (χ2v) is 5.92. The Morgan fingerprint density at radius 3 is 2.29 bits per heavy atom. The smallest absolute Gasteiger partial charge is 0.180 e. The molecule has 0 heterocycles. The Kier molecular flexibility index (Phi) is 6.69. The highest BCUT2D eigenvalue weighted by molar-refractivity contribution is 6.00. The van der Waals surface area contributed by atoms with Crippen molar-refractivity contribution < 1.29 is 15.0 Å². The van der Waals surface area contributed by atoms with E-state index in [0.29, 0.717) is 18.5 Å². The van der Waals surface area contributed by atoms with Crippen LogP contribution < -0.4 is 0 Å². The summed E-state index contributed by atoms with van der Waals surface area (Å²) in [7, 11) is 0. The van der Waals surface area contributed by atoms with Gasteiger partial charge < -0.3 is 10.2 Å². The lowest BCUT2D eigenvalue weighted by atomic mass is 10.0. The van der Waals surface area contributed by atoms with Crippen LogP contribution in [0.1, 0.15) is 50.9 Å². The SMILES string of the molecule is CCC(CC)N(CC(=O)c1ccc(O)cc1O)CC(C)C. The molecule has 1 rings (SSSR count). The molecule has 1 aromatic rings. The average molecular weight is 293 g/mol. The lowest BCUT2D eigenvalue weighted by molar-refractivity contribution is 0.0863. The summed E-state index contributed by atoms with van der Waals surface area (Å²) in [5, 5.41) is 19.1. The molecule has 0 aromatic heterocycles. The first kappa shape index (κ1) is 17.5. The zero-order chi connectivity index (χ0) is 16.0. The molecule has 118 valence electrons. The molecule has 0 fully saturated rings. The van der Waals surface area contributed by atoms with E-state index in [4.69, 9.17) is 0 Å². The van der Waals surface area contributed by atoms with Gasteiger partial charge in [-0.15, -0.1) is 0 Å². The van der Waals surface area contributed by atoms with Gasteiger partial charge in [0.1, 0.15) is 11.5 Å². The zero-order valence-electron chi connectivity index (χ0n) is 13.5. The van der Waals surface area contributed by atoms with E-state index in [1.165, 1.54) is 18.2 Å². The molecule has 2 N–H and O–H groups in total. The zero-order valence-corrected chi connectivity index (χ0v) is 13.5. The maximum Gasteiger partial charge on any atom is 0.180 e. The summed E-state index contributed by atoms with van der Waals surface area (Å²) in [4.78, 5) is 14.6. The standard InChI is InChI=1S/C17H27NO3/c1-5-13(6-2)18(10-12(3)4)11-17(21)15-8-7-14(19)9-16(15)20/h7-9,12-13,19-20H,5-6,10-11H2,1-4H3. The Bertz CT molecular complexity index is 467. The Balaban J connectivity index is 2.88. The van der Waals surface area contributed by atoms with E-state index >= 15 is 0 Å². The van der Waals surface area contributed by atoms with Crippen molar-refractivity contribution >= 4 is 5.78 Å². The third-order valence-corrected chi connectivity index (χ3v) is 3.69. The Hall–Kier alpha value is -1.55. The number of Topliss-reactive ketones (excluding diaryl/α,β-unsaturated/α-hetero) is 1. The molecule has 0 aliphatic rings. The first-order chi connectivity index (χ1) is 9.88. The minimum absolute atomic E-state index is 0.0388. The lowest BCUT2D eigenvalue weighted by Crippen LogP contribution is -2.40. The van der Waals surface area contributed by atoms with Crippen LogP contribution in [-0.4, -0.2) is 40.0 Å². The van der Waals surface area contributed by atoms with Crippen LogP contribution >= 0.6 is 0 Å². The van der Waals surface area contributed by atoms with Crippen molar-refractivity contribution in [3.8, 4) is 11.5 Å². The van der Waals surface area contributed by atoms with Crippen LogP contribution in [-0.2, 0) is 0 Å². The average Bonchev–Trinajstić information content (AvgIpc) is 2.38. The molecule has 0 spiro atoms. The number of carbonyl (C=O) groups is 1. The number of nitrogens with zero attached hydrogens (tertiary/aromatic N) is 1. The monoisotopic (exact) mass is 293 g/mol. The quantitative estimate of drug-likeness (QED) is 0.721. The number of carbonyl (C=O) groups excluding carboxylic acids is 1. The fourth-order valence-electron chi connectivity index (χ4n) is 2.64. The minimum atomic E-state index is -0.158. The predicted octanol–water partition coefficient (Wildman–Crippen LogP) is 3.43. The van der Waals surface area contributed by atoms with E-state index in [0.717, 1.165) is 19.4 Å². The fraction of sp³-hybridized carbons (Fsp3) is 0.588. The number of aromatic hydroxyl groups is 2. The largest absolute Gasteiger partial charge is 0.508 e. The topological polar surface area (TPSA) is 60.8 Å². The van der Waals surface area contributed by atoms with Gasteiger partial charge in [-0.2, -0.15) is 0 Å². The van der Waals surface area contributed by atoms with Gasteiger partial charge in [-0.25, -0.2) is 0 Å². The van der Waals surface area contributed by atoms with Crippen LogP contribution in [0.2, 0.25) is 0 Å². The number of hydrogen-bond acceptors (Lipinski definition) is 4. The van der Waals surface area contributed by atoms with Crippen LogP contribution in [0, 0.1) is 5.92 Å². The van der Waals surface area contributed by atoms with Gasteiger partial charge in [-0.05, 0) is 30.9 Å². The number of phenolic OH excluding ortho intramolecular Hbond substituents is 2. The number of benzene rings is 1. The molecule has 21 heavy (non-hydrogen) atoms. The third kappa shape index (κ3) is 5.05. The van der Waals surface area contributed by atoms with Crippen molar-refractivity contribution in [3.05, 3.63) is 23.8 Å². The summed E-state index contributed by atoms with van der Waals surface area (Å²) < 4.78 is 0. The van der Waals surface area contributed by atoms with Crippen molar-refractivity contribution in [2.75, 3.05) is 13.1 Å². The normalized spacial score (nSPS) is 11.6. The molecule has 0 bridgehead atoms. The molecule has 4 heteroatoms. The van der Waals surface area contributed by atoms with E-state index in [1.54, 1.807) is 0 Å². The summed E-state index contributed by atoms with van der Waals surface area (Å²) in [6.45, 7) is 9.68. The van der Waals surface area contributed by atoms with E-state index in [-0.39, 0.29) is 22.8 Å². The molecule has 0 atom stereocenters. The highest BCUT2D eigenvalue weighted by Crippen LogP contribution is 2.23. The number of ketones is 1. The number of hydrogen-bond donors (Lipinski definition) is 2. The van der Waals surface area contributed by atoms with Crippen molar-refractivity contribution in [3.63, 3.8) is 0 Å². The summed E-state index contributed by atoms with van der Waals surface area (Å²) in [6, 6.07) is 4.48. The Morgan fingerprint density at radius 2 is 1.81 bits per heavy atom. The van der Waals surface area contributed by atoms with Gasteiger partial charge in [0, 0.05) is 18.7 Å². The lowest BCUT2D eigenvalue weighted by Gasteiger charge is -2.31. The second kappa shape index (κ2) is 8.03.